The fraction of sp³-hybridized carbons (Fsp3) is 0.562. The Labute approximate surface area is 123 Å². The minimum atomic E-state index is 0.470. The molecule has 0 saturated carbocycles. The van der Waals surface area contributed by atoms with E-state index in [-0.39, 0.29) is 0 Å². The first-order chi connectivity index (χ1) is 9.74. The molecule has 0 radical (unpaired) electrons. The Morgan fingerprint density at radius 1 is 1.20 bits per heavy atom. The summed E-state index contributed by atoms with van der Waals surface area (Å²) in [6.07, 6.45) is 1.05. The molecule has 0 saturated heterocycles. The van der Waals surface area contributed by atoms with Gasteiger partial charge in [-0.3, -0.25) is 9.89 Å². The molecule has 0 amide bonds. The molecule has 1 aromatic carbocycles. The maximum absolute atomic E-state index is 4.17. The molecule has 2 N–H and O–H groups in total. The Morgan fingerprint density at radius 3 is 2.35 bits per heavy atom. The number of guanidine groups is 1. The first-order valence-electron chi connectivity index (χ1n) is 7.41. The molecule has 1 aromatic rings. The van der Waals surface area contributed by atoms with Gasteiger partial charge in [-0.1, -0.05) is 44.2 Å². The lowest BCUT2D eigenvalue weighted by Gasteiger charge is -2.30. The van der Waals surface area contributed by atoms with E-state index in [2.05, 4.69) is 64.7 Å². The van der Waals surface area contributed by atoms with Crippen molar-refractivity contribution in [2.24, 2.45) is 4.99 Å². The van der Waals surface area contributed by atoms with Crippen LogP contribution in [-0.4, -0.2) is 50.6 Å². The van der Waals surface area contributed by atoms with E-state index >= 15 is 0 Å². The van der Waals surface area contributed by atoms with Crippen LogP contribution in [0.25, 0.3) is 0 Å². The molecule has 0 aliphatic rings. The van der Waals surface area contributed by atoms with Crippen molar-refractivity contribution in [1.82, 2.24) is 15.5 Å². The van der Waals surface area contributed by atoms with Crippen LogP contribution in [0.5, 0.6) is 0 Å². The van der Waals surface area contributed by atoms with Crippen LogP contribution in [0.4, 0.5) is 0 Å². The summed E-state index contributed by atoms with van der Waals surface area (Å²) in [4.78, 5) is 6.66. The van der Waals surface area contributed by atoms with Gasteiger partial charge in [0.05, 0.1) is 0 Å². The number of likely N-dealkylation sites (N-methyl/N-ethyl adjacent to an activating group) is 1. The zero-order valence-corrected chi connectivity index (χ0v) is 13.2. The third kappa shape index (κ3) is 5.21. The number of aliphatic imine (C=N–C) groups is 1. The third-order valence-electron chi connectivity index (χ3n) is 3.61. The number of benzene rings is 1. The Morgan fingerprint density at radius 2 is 1.85 bits per heavy atom. The van der Waals surface area contributed by atoms with Crippen molar-refractivity contribution in [2.45, 2.75) is 26.3 Å². The summed E-state index contributed by atoms with van der Waals surface area (Å²) in [5, 5.41) is 6.45. The minimum absolute atomic E-state index is 0.470. The summed E-state index contributed by atoms with van der Waals surface area (Å²) >= 11 is 0. The third-order valence-corrected chi connectivity index (χ3v) is 3.61. The van der Waals surface area contributed by atoms with E-state index in [0.717, 1.165) is 32.0 Å². The molecule has 0 spiro atoms. The molecular weight excluding hydrogens is 248 g/mol. The summed E-state index contributed by atoms with van der Waals surface area (Å²) < 4.78 is 0. The second kappa shape index (κ2) is 9.37. The molecule has 0 fully saturated rings. The van der Waals surface area contributed by atoms with E-state index in [9.17, 15) is 0 Å². The molecule has 0 bridgehead atoms. The second-order valence-electron chi connectivity index (χ2n) is 4.77. The van der Waals surface area contributed by atoms with Gasteiger partial charge in [0.1, 0.15) is 0 Å². The molecule has 0 aliphatic carbocycles. The van der Waals surface area contributed by atoms with Crippen LogP contribution in [0, 0.1) is 0 Å². The summed E-state index contributed by atoms with van der Waals surface area (Å²) in [7, 11) is 3.68. The van der Waals surface area contributed by atoms with Gasteiger partial charge in [0.2, 0.25) is 0 Å². The molecule has 112 valence electrons. The first kappa shape index (κ1) is 16.5. The highest BCUT2D eigenvalue weighted by Crippen LogP contribution is 2.08. The van der Waals surface area contributed by atoms with Gasteiger partial charge in [0.25, 0.3) is 0 Å². The van der Waals surface area contributed by atoms with Crippen LogP contribution >= 0.6 is 0 Å². The molecule has 0 aliphatic heterocycles. The lowest BCUT2D eigenvalue weighted by molar-refractivity contribution is 0.215. The smallest absolute Gasteiger partial charge is 0.190 e. The fourth-order valence-corrected chi connectivity index (χ4v) is 2.45. The van der Waals surface area contributed by atoms with Crippen LogP contribution in [-0.2, 0) is 6.42 Å². The van der Waals surface area contributed by atoms with E-state index in [1.807, 2.05) is 7.05 Å². The Bertz CT molecular complexity index is 385. The molecule has 20 heavy (non-hydrogen) atoms. The maximum Gasteiger partial charge on any atom is 0.190 e. The van der Waals surface area contributed by atoms with Crippen LogP contribution < -0.4 is 10.6 Å². The van der Waals surface area contributed by atoms with E-state index in [1.165, 1.54) is 5.56 Å². The largest absolute Gasteiger partial charge is 0.359 e. The fourth-order valence-electron chi connectivity index (χ4n) is 2.45. The van der Waals surface area contributed by atoms with Gasteiger partial charge in [-0.25, -0.2) is 0 Å². The van der Waals surface area contributed by atoms with Crippen LogP contribution in [0.1, 0.15) is 19.4 Å². The van der Waals surface area contributed by atoms with E-state index in [0.29, 0.717) is 6.04 Å². The van der Waals surface area contributed by atoms with Gasteiger partial charge in [0, 0.05) is 26.7 Å². The quantitative estimate of drug-likeness (QED) is 0.588. The average molecular weight is 276 g/mol. The van der Waals surface area contributed by atoms with Crippen LogP contribution in [0.3, 0.4) is 0 Å². The van der Waals surface area contributed by atoms with Crippen molar-refractivity contribution < 1.29 is 0 Å². The van der Waals surface area contributed by atoms with Crippen LogP contribution in [0.2, 0.25) is 0 Å². The van der Waals surface area contributed by atoms with Gasteiger partial charge >= 0.3 is 0 Å². The van der Waals surface area contributed by atoms with Gasteiger partial charge in [0.15, 0.2) is 5.96 Å². The van der Waals surface area contributed by atoms with E-state index in [1.54, 1.807) is 7.05 Å². The molecule has 1 unspecified atom stereocenters. The van der Waals surface area contributed by atoms with Crippen LogP contribution in [0.15, 0.2) is 35.3 Å². The van der Waals surface area contributed by atoms with Gasteiger partial charge in [-0.05, 0) is 25.1 Å². The number of rotatable bonds is 7. The topological polar surface area (TPSA) is 39.7 Å². The highest BCUT2D eigenvalue weighted by molar-refractivity contribution is 5.79. The highest BCUT2D eigenvalue weighted by atomic mass is 15.2. The van der Waals surface area contributed by atoms with Gasteiger partial charge < -0.3 is 10.6 Å². The van der Waals surface area contributed by atoms with Crippen molar-refractivity contribution in [3.63, 3.8) is 0 Å². The standard InChI is InChI=1S/C16H28N4/c1-5-20(6-2)15(13-19-16(17-3)18-4)12-14-10-8-7-9-11-14/h7-11,15H,5-6,12-13H2,1-4H3,(H2,17,18,19). The SMILES string of the molecule is CCN(CC)C(CNC(=NC)NC)Cc1ccccc1. The lowest BCUT2D eigenvalue weighted by Crippen LogP contribution is -2.47. The first-order valence-corrected chi connectivity index (χ1v) is 7.41. The van der Waals surface area contributed by atoms with Gasteiger partial charge in [-0.2, -0.15) is 0 Å². The summed E-state index contributed by atoms with van der Waals surface area (Å²) in [5.74, 6) is 0.843. The predicted octanol–water partition coefficient (Wildman–Crippen LogP) is 1.73. The lowest BCUT2D eigenvalue weighted by atomic mass is 10.0. The summed E-state index contributed by atoms with van der Waals surface area (Å²) in [5.41, 5.74) is 1.38. The van der Waals surface area contributed by atoms with E-state index < -0.39 is 0 Å². The molecular formula is C16H28N4. The molecule has 0 aromatic heterocycles. The number of nitrogens with zero attached hydrogens (tertiary/aromatic N) is 2. The normalized spacial score (nSPS) is 13.3. The molecule has 4 nitrogen and oxygen atoms in total. The van der Waals surface area contributed by atoms with E-state index in [4.69, 9.17) is 0 Å². The highest BCUT2D eigenvalue weighted by Gasteiger charge is 2.16. The summed E-state index contributed by atoms with van der Waals surface area (Å²) in [6.45, 7) is 7.45. The molecule has 0 heterocycles. The van der Waals surface area contributed by atoms with Crippen molar-refractivity contribution in [3.05, 3.63) is 35.9 Å². The molecule has 1 rings (SSSR count). The van der Waals surface area contributed by atoms with Crippen molar-refractivity contribution in [3.8, 4) is 0 Å². The summed E-state index contributed by atoms with van der Waals surface area (Å²) in [6, 6.07) is 11.1. The van der Waals surface area contributed by atoms with Crippen molar-refractivity contribution in [1.29, 1.82) is 0 Å². The Hall–Kier alpha value is -1.55. The molecule has 1 atom stereocenters. The number of hydrogen-bond acceptors (Lipinski definition) is 2. The monoisotopic (exact) mass is 276 g/mol. The zero-order valence-electron chi connectivity index (χ0n) is 13.2. The second-order valence-corrected chi connectivity index (χ2v) is 4.77. The van der Waals surface area contributed by atoms with Gasteiger partial charge in [-0.15, -0.1) is 0 Å². The minimum Gasteiger partial charge on any atom is -0.359 e. The Balaban J connectivity index is 2.70. The average Bonchev–Trinajstić information content (AvgIpc) is 2.50. The molecule has 4 heteroatoms. The van der Waals surface area contributed by atoms with Crippen molar-refractivity contribution in [2.75, 3.05) is 33.7 Å². The van der Waals surface area contributed by atoms with Crippen molar-refractivity contribution >= 4 is 5.96 Å². The predicted molar refractivity (Wildman–Crippen MR) is 87.3 cm³/mol. The number of hydrogen-bond donors (Lipinski definition) is 2. The Kier molecular flexibility index (Phi) is 7.73. The number of nitrogens with one attached hydrogen (secondary N) is 2. The maximum atomic E-state index is 4.17. The zero-order chi connectivity index (χ0) is 14.8.